The predicted molar refractivity (Wildman–Crippen MR) is 117 cm³/mol. The summed E-state index contributed by atoms with van der Waals surface area (Å²) in [5, 5.41) is 0.962. The van der Waals surface area contributed by atoms with Crippen molar-refractivity contribution in [1.29, 1.82) is 0 Å². The first-order valence-electron chi connectivity index (χ1n) is 9.93. The fourth-order valence-corrected chi connectivity index (χ4v) is 3.61. The van der Waals surface area contributed by atoms with Crippen molar-refractivity contribution in [2.45, 2.75) is 26.9 Å². The summed E-state index contributed by atoms with van der Waals surface area (Å²) in [5.74, 6) is 1.17. The van der Waals surface area contributed by atoms with E-state index in [1.165, 1.54) is 0 Å². The molecular weight excluding hydrogens is 380 g/mol. The van der Waals surface area contributed by atoms with Crippen LogP contribution in [0.1, 0.15) is 34.1 Å². The van der Waals surface area contributed by atoms with Crippen LogP contribution in [0.15, 0.2) is 42.5 Å². The summed E-state index contributed by atoms with van der Waals surface area (Å²) >= 11 is 0. The lowest BCUT2D eigenvalue weighted by molar-refractivity contribution is 0.0522. The molecule has 0 atom stereocenters. The van der Waals surface area contributed by atoms with Crippen LogP contribution in [-0.2, 0) is 17.8 Å². The molecule has 0 amide bonds. The first-order valence-corrected chi connectivity index (χ1v) is 9.93. The fraction of sp³-hybridized carbons (Fsp3) is 0.333. The van der Waals surface area contributed by atoms with Gasteiger partial charge in [0.2, 0.25) is 0 Å². The van der Waals surface area contributed by atoms with Gasteiger partial charge in [-0.3, -0.25) is 9.88 Å². The lowest BCUT2D eigenvalue weighted by Gasteiger charge is -2.21. The molecule has 0 unspecified atom stereocenters. The molecule has 0 saturated carbocycles. The molecule has 0 radical (unpaired) electrons. The van der Waals surface area contributed by atoms with E-state index in [4.69, 9.17) is 19.2 Å². The zero-order valence-electron chi connectivity index (χ0n) is 18.2. The number of pyridine rings is 1. The molecule has 2 aromatic carbocycles. The van der Waals surface area contributed by atoms with Crippen molar-refractivity contribution in [3.8, 4) is 11.5 Å². The van der Waals surface area contributed by atoms with Gasteiger partial charge < -0.3 is 14.2 Å². The maximum atomic E-state index is 12.7. The van der Waals surface area contributed by atoms with E-state index in [0.717, 1.165) is 33.5 Å². The number of fused-ring (bicyclic) bond motifs is 1. The van der Waals surface area contributed by atoms with E-state index in [0.29, 0.717) is 31.0 Å². The summed E-state index contributed by atoms with van der Waals surface area (Å²) < 4.78 is 16.1. The minimum absolute atomic E-state index is 0.323. The highest BCUT2D eigenvalue weighted by Gasteiger charge is 2.21. The largest absolute Gasteiger partial charge is 0.497 e. The topological polar surface area (TPSA) is 60.9 Å². The van der Waals surface area contributed by atoms with Crippen molar-refractivity contribution in [3.05, 3.63) is 64.8 Å². The lowest BCUT2D eigenvalue weighted by Crippen LogP contribution is -2.22. The van der Waals surface area contributed by atoms with Crippen LogP contribution in [0.5, 0.6) is 11.5 Å². The second kappa shape index (κ2) is 9.59. The summed E-state index contributed by atoms with van der Waals surface area (Å²) in [5.41, 5.74) is 4.04. The van der Waals surface area contributed by atoms with Crippen molar-refractivity contribution in [1.82, 2.24) is 9.88 Å². The van der Waals surface area contributed by atoms with Gasteiger partial charge in [-0.25, -0.2) is 4.79 Å². The minimum atomic E-state index is -0.335. The van der Waals surface area contributed by atoms with Gasteiger partial charge in [0.05, 0.1) is 37.6 Å². The van der Waals surface area contributed by atoms with Crippen LogP contribution in [0.2, 0.25) is 0 Å². The number of ether oxygens (including phenoxy) is 3. The predicted octanol–water partition coefficient (Wildman–Crippen LogP) is 4.37. The molecule has 3 rings (SSSR count). The van der Waals surface area contributed by atoms with E-state index in [1.54, 1.807) is 14.2 Å². The van der Waals surface area contributed by atoms with Crippen molar-refractivity contribution in [2.24, 2.45) is 0 Å². The number of rotatable bonds is 8. The molecule has 0 aliphatic carbocycles. The Balaban J connectivity index is 1.94. The van der Waals surface area contributed by atoms with Gasteiger partial charge in [-0.1, -0.05) is 24.3 Å². The second-order valence-corrected chi connectivity index (χ2v) is 7.15. The van der Waals surface area contributed by atoms with Crippen LogP contribution in [0, 0.1) is 6.92 Å². The molecule has 0 aliphatic heterocycles. The van der Waals surface area contributed by atoms with E-state index in [9.17, 15) is 4.79 Å². The number of aromatic nitrogens is 1. The molecule has 0 aliphatic rings. The quantitative estimate of drug-likeness (QED) is 0.516. The van der Waals surface area contributed by atoms with Crippen LogP contribution < -0.4 is 9.47 Å². The van der Waals surface area contributed by atoms with Gasteiger partial charge >= 0.3 is 5.97 Å². The lowest BCUT2D eigenvalue weighted by atomic mass is 10.0. The van der Waals surface area contributed by atoms with Crippen LogP contribution in [0.4, 0.5) is 0 Å². The number of methoxy groups -OCH3 is 2. The first-order chi connectivity index (χ1) is 14.5. The zero-order valence-corrected chi connectivity index (χ0v) is 18.2. The maximum absolute atomic E-state index is 12.7. The van der Waals surface area contributed by atoms with E-state index in [2.05, 4.69) is 4.90 Å². The van der Waals surface area contributed by atoms with Crippen LogP contribution >= 0.6 is 0 Å². The second-order valence-electron chi connectivity index (χ2n) is 7.15. The molecule has 158 valence electrons. The molecule has 3 aromatic rings. The Kier molecular flexibility index (Phi) is 6.90. The Morgan fingerprint density at radius 1 is 1.07 bits per heavy atom. The highest BCUT2D eigenvalue weighted by atomic mass is 16.5. The van der Waals surface area contributed by atoms with Crippen molar-refractivity contribution in [2.75, 3.05) is 27.9 Å². The molecule has 30 heavy (non-hydrogen) atoms. The van der Waals surface area contributed by atoms with Crippen molar-refractivity contribution >= 4 is 16.9 Å². The van der Waals surface area contributed by atoms with Gasteiger partial charge in [0.15, 0.2) is 0 Å². The number of esters is 1. The Morgan fingerprint density at radius 2 is 1.83 bits per heavy atom. The monoisotopic (exact) mass is 408 g/mol. The summed E-state index contributed by atoms with van der Waals surface area (Å²) in [6.07, 6.45) is 0. The molecule has 0 N–H and O–H groups in total. The Morgan fingerprint density at radius 3 is 2.53 bits per heavy atom. The average Bonchev–Trinajstić information content (AvgIpc) is 2.74. The van der Waals surface area contributed by atoms with Gasteiger partial charge in [0.25, 0.3) is 0 Å². The van der Waals surface area contributed by atoms with Crippen LogP contribution in [0.3, 0.4) is 0 Å². The molecule has 0 bridgehead atoms. The summed E-state index contributed by atoms with van der Waals surface area (Å²) in [6, 6.07) is 13.6. The third-order valence-corrected chi connectivity index (χ3v) is 5.06. The Labute approximate surface area is 177 Å². The van der Waals surface area contributed by atoms with Gasteiger partial charge in [-0.2, -0.15) is 0 Å². The average molecular weight is 408 g/mol. The van der Waals surface area contributed by atoms with Gasteiger partial charge in [0, 0.05) is 30.1 Å². The van der Waals surface area contributed by atoms with E-state index >= 15 is 0 Å². The van der Waals surface area contributed by atoms with Crippen molar-refractivity contribution < 1.29 is 19.0 Å². The molecule has 0 saturated heterocycles. The number of benzene rings is 2. The highest BCUT2D eigenvalue weighted by molar-refractivity contribution is 5.98. The van der Waals surface area contributed by atoms with Gasteiger partial charge in [0.1, 0.15) is 11.5 Å². The number of hydrogen-bond acceptors (Lipinski definition) is 6. The Hall–Kier alpha value is -3.12. The van der Waals surface area contributed by atoms with Crippen LogP contribution in [-0.4, -0.2) is 43.7 Å². The van der Waals surface area contributed by atoms with Crippen LogP contribution in [0.25, 0.3) is 10.9 Å². The van der Waals surface area contributed by atoms with Gasteiger partial charge in [-0.15, -0.1) is 0 Å². The smallest absolute Gasteiger partial charge is 0.340 e. The summed E-state index contributed by atoms with van der Waals surface area (Å²) in [4.78, 5) is 19.6. The number of carbonyl (C=O) groups is 1. The standard InChI is InChI=1S/C24H28N2O4/c1-6-30-24(27)23-16(2)19-9-7-8-10-20(19)25-21(23)15-26(3)14-17-11-12-18(28-4)13-22(17)29-5/h7-13H,6,14-15H2,1-5H3. The number of hydrogen-bond donors (Lipinski definition) is 0. The number of carbonyl (C=O) groups excluding carboxylic acids is 1. The normalized spacial score (nSPS) is 11.0. The summed E-state index contributed by atoms with van der Waals surface area (Å²) in [7, 11) is 5.27. The first kappa shape index (κ1) is 21.6. The molecule has 0 spiro atoms. The number of para-hydroxylation sites is 1. The van der Waals surface area contributed by atoms with Gasteiger partial charge in [-0.05, 0) is 38.6 Å². The van der Waals surface area contributed by atoms with Crippen molar-refractivity contribution in [3.63, 3.8) is 0 Å². The molecule has 6 heteroatoms. The third-order valence-electron chi connectivity index (χ3n) is 5.06. The zero-order chi connectivity index (χ0) is 21.7. The Bertz CT molecular complexity index is 1050. The fourth-order valence-electron chi connectivity index (χ4n) is 3.61. The number of aryl methyl sites for hydroxylation is 1. The summed E-state index contributed by atoms with van der Waals surface area (Å²) in [6.45, 7) is 5.21. The molecule has 1 aromatic heterocycles. The maximum Gasteiger partial charge on any atom is 0.340 e. The minimum Gasteiger partial charge on any atom is -0.497 e. The molecule has 6 nitrogen and oxygen atoms in total. The number of nitrogens with zero attached hydrogens (tertiary/aromatic N) is 2. The molecular formula is C24H28N2O4. The molecule has 0 fully saturated rings. The third kappa shape index (κ3) is 4.54. The van der Waals surface area contributed by atoms with E-state index < -0.39 is 0 Å². The van der Waals surface area contributed by atoms with E-state index in [1.807, 2.05) is 63.4 Å². The SMILES string of the molecule is CCOC(=O)c1c(CN(C)Cc2ccc(OC)cc2OC)nc2ccccc2c1C. The molecule has 1 heterocycles. The van der Waals surface area contributed by atoms with E-state index in [-0.39, 0.29) is 5.97 Å². The highest BCUT2D eigenvalue weighted by Crippen LogP contribution is 2.27.